The van der Waals surface area contributed by atoms with Crippen LogP contribution in [0.15, 0.2) is 21.9 Å². The van der Waals surface area contributed by atoms with E-state index in [0.717, 1.165) is 10.6 Å². The minimum atomic E-state index is -4.60. The van der Waals surface area contributed by atoms with Crippen molar-refractivity contribution in [2.24, 2.45) is 5.92 Å². The molecule has 1 aliphatic carbocycles. The van der Waals surface area contributed by atoms with E-state index >= 15 is 0 Å². The van der Waals surface area contributed by atoms with E-state index in [1.807, 2.05) is 0 Å². The van der Waals surface area contributed by atoms with Gasteiger partial charge in [0.15, 0.2) is 0 Å². The highest BCUT2D eigenvalue weighted by atomic mass is 31.2. The van der Waals surface area contributed by atoms with E-state index in [-0.39, 0.29) is 12.8 Å². The second-order valence-electron chi connectivity index (χ2n) is 8.20. The molecule has 14 heteroatoms. The van der Waals surface area contributed by atoms with Crippen molar-refractivity contribution in [1.82, 2.24) is 9.55 Å². The molecule has 30 heavy (non-hydrogen) atoms. The van der Waals surface area contributed by atoms with Crippen LogP contribution in [0.2, 0.25) is 0 Å². The second-order valence-corrected chi connectivity index (χ2v) is 11.3. The summed E-state index contributed by atoms with van der Waals surface area (Å²) < 4.78 is 41.0. The second kappa shape index (κ2) is 9.18. The first-order valence-corrected chi connectivity index (χ1v) is 12.5. The van der Waals surface area contributed by atoms with Gasteiger partial charge in [-0.05, 0) is 39.5 Å². The van der Waals surface area contributed by atoms with E-state index in [1.54, 1.807) is 20.8 Å². The number of phosphoric acid groups is 1. The predicted octanol–water partition coefficient (Wildman–Crippen LogP) is 0.981. The Morgan fingerprint density at radius 1 is 1.20 bits per heavy atom. The zero-order chi connectivity index (χ0) is 22.9. The maximum atomic E-state index is 12.6. The summed E-state index contributed by atoms with van der Waals surface area (Å²) >= 11 is 0. The lowest BCUT2D eigenvalue weighted by molar-refractivity contribution is -0.0379. The average molecular weight is 470 g/mol. The normalized spacial score (nSPS) is 27.2. The summed E-state index contributed by atoms with van der Waals surface area (Å²) in [5.74, 6) is -0.494. The Morgan fingerprint density at radius 2 is 1.83 bits per heavy atom. The number of rotatable bonds is 8. The molecule has 0 spiro atoms. The van der Waals surface area contributed by atoms with Gasteiger partial charge in [0.05, 0.1) is 23.9 Å². The molecule has 0 saturated heterocycles. The topological polar surface area (TPSA) is 177 Å². The van der Waals surface area contributed by atoms with E-state index in [1.165, 1.54) is 13.3 Å². The Hall–Kier alpha value is -1.10. The highest BCUT2D eigenvalue weighted by Gasteiger charge is 2.49. The summed E-state index contributed by atoms with van der Waals surface area (Å²) in [6.45, 7) is 4.69. The molecule has 1 heterocycles. The molecule has 1 fully saturated rings. The van der Waals surface area contributed by atoms with Crippen molar-refractivity contribution in [3.63, 3.8) is 0 Å². The molecule has 172 valence electrons. The van der Waals surface area contributed by atoms with Gasteiger partial charge >= 0.3 is 21.1 Å². The maximum Gasteiger partial charge on any atom is 0.473 e. The maximum absolute atomic E-state index is 12.6. The molecule has 0 amide bonds. The number of aromatic amines is 1. The third-order valence-electron chi connectivity index (χ3n) is 4.63. The predicted molar refractivity (Wildman–Crippen MR) is 106 cm³/mol. The molecule has 0 bridgehead atoms. The molecule has 0 aliphatic heterocycles. The lowest BCUT2D eigenvalue weighted by Crippen LogP contribution is -2.39. The van der Waals surface area contributed by atoms with Gasteiger partial charge in [-0.25, -0.2) is 9.36 Å². The fourth-order valence-corrected chi connectivity index (χ4v) is 5.59. The summed E-state index contributed by atoms with van der Waals surface area (Å²) in [7, 11) is -7.56. The van der Waals surface area contributed by atoms with Gasteiger partial charge in [-0.3, -0.25) is 28.0 Å². The third kappa shape index (κ3) is 6.96. The number of H-pyrrole nitrogens is 1. The van der Waals surface area contributed by atoms with E-state index in [2.05, 4.69) is 4.98 Å². The molecule has 1 aromatic rings. The van der Waals surface area contributed by atoms with E-state index < -0.39 is 62.6 Å². The van der Waals surface area contributed by atoms with Crippen molar-refractivity contribution < 1.29 is 37.6 Å². The first kappa shape index (κ1) is 25.2. The number of methoxy groups -OCH3 is 1. The van der Waals surface area contributed by atoms with Crippen molar-refractivity contribution in [2.45, 2.75) is 57.5 Å². The molecule has 1 aliphatic rings. The smallest absolute Gasteiger partial charge is 0.378 e. The minimum Gasteiger partial charge on any atom is -0.378 e. The largest absolute Gasteiger partial charge is 0.473 e. The van der Waals surface area contributed by atoms with Crippen LogP contribution in [0.5, 0.6) is 0 Å². The zero-order valence-corrected chi connectivity index (χ0v) is 18.9. The van der Waals surface area contributed by atoms with E-state index in [4.69, 9.17) is 13.8 Å². The van der Waals surface area contributed by atoms with Crippen LogP contribution in [0.25, 0.3) is 0 Å². The van der Waals surface area contributed by atoms with E-state index in [9.17, 15) is 33.4 Å². The Labute approximate surface area is 173 Å². The Balaban J connectivity index is 2.42. The third-order valence-corrected chi connectivity index (χ3v) is 6.76. The molecular formula is C16H28N2O10P2. The Bertz CT molecular complexity index is 946. The quantitative estimate of drug-likeness (QED) is 0.400. The SMILES string of the molecule is CO[C@@H]1[C@@H](CCP(=O)(O)O)CC(n2ccc(=O)[nH]c2=O)[C@@H]1OP(=O)(O)OC(C)(C)C. The van der Waals surface area contributed by atoms with Crippen LogP contribution in [-0.4, -0.2) is 55.3 Å². The van der Waals surface area contributed by atoms with Gasteiger partial charge in [-0.15, -0.1) is 0 Å². The monoisotopic (exact) mass is 470 g/mol. The lowest BCUT2D eigenvalue weighted by Gasteiger charge is -2.30. The Morgan fingerprint density at radius 3 is 2.33 bits per heavy atom. The van der Waals surface area contributed by atoms with Gasteiger partial charge in [0.2, 0.25) is 0 Å². The standard InChI is InChI=1S/C16H28N2O10P2/c1-16(2,3)28-30(24,25)27-14-11(18-7-5-12(19)17-15(18)20)9-10(13(14)26-4)6-8-29(21,22)23/h5,7,10-11,13-14H,6,8-9H2,1-4H3,(H,24,25)(H,17,19,20)(H2,21,22,23)/t10-,11?,13+,14-/m0/s1. The van der Waals surface area contributed by atoms with Gasteiger partial charge in [0, 0.05) is 19.4 Å². The van der Waals surface area contributed by atoms with Crippen LogP contribution in [0.4, 0.5) is 0 Å². The van der Waals surface area contributed by atoms with Crippen LogP contribution in [0.3, 0.4) is 0 Å². The molecule has 1 aromatic heterocycles. The number of aromatic nitrogens is 2. The van der Waals surface area contributed by atoms with Crippen molar-refractivity contribution >= 4 is 15.4 Å². The van der Waals surface area contributed by atoms with Crippen LogP contribution < -0.4 is 11.2 Å². The number of phosphoric ester groups is 1. The fourth-order valence-electron chi connectivity index (χ4n) is 3.62. The Kier molecular flexibility index (Phi) is 7.70. The van der Waals surface area contributed by atoms with Gasteiger partial charge in [0.25, 0.3) is 5.56 Å². The molecule has 2 rings (SSSR count). The van der Waals surface area contributed by atoms with Crippen LogP contribution in [0.1, 0.15) is 39.7 Å². The molecule has 2 unspecified atom stereocenters. The lowest BCUT2D eigenvalue weighted by atomic mass is 10.0. The van der Waals surface area contributed by atoms with Crippen LogP contribution >= 0.6 is 15.4 Å². The molecule has 0 radical (unpaired) electrons. The molecule has 0 aromatic carbocycles. The highest BCUT2D eigenvalue weighted by molar-refractivity contribution is 7.51. The summed E-state index contributed by atoms with van der Waals surface area (Å²) in [5, 5.41) is 0. The van der Waals surface area contributed by atoms with Crippen LogP contribution in [-0.2, 0) is 22.9 Å². The van der Waals surface area contributed by atoms with Crippen LogP contribution in [0, 0.1) is 5.92 Å². The van der Waals surface area contributed by atoms with E-state index in [0.29, 0.717) is 0 Å². The molecular weight excluding hydrogens is 442 g/mol. The van der Waals surface area contributed by atoms with Crippen molar-refractivity contribution in [1.29, 1.82) is 0 Å². The number of hydrogen-bond acceptors (Lipinski definition) is 7. The number of ether oxygens (including phenoxy) is 1. The molecule has 12 nitrogen and oxygen atoms in total. The van der Waals surface area contributed by atoms with Gasteiger partial charge in [-0.2, -0.15) is 0 Å². The minimum absolute atomic E-state index is 0.0348. The van der Waals surface area contributed by atoms with Crippen molar-refractivity contribution in [2.75, 3.05) is 13.3 Å². The number of nitrogens with zero attached hydrogens (tertiary/aromatic N) is 1. The zero-order valence-electron chi connectivity index (χ0n) is 17.1. The summed E-state index contributed by atoms with van der Waals surface area (Å²) in [4.78, 5) is 54.5. The van der Waals surface area contributed by atoms with Crippen molar-refractivity contribution in [3.8, 4) is 0 Å². The average Bonchev–Trinajstić information content (AvgIpc) is 2.86. The summed E-state index contributed by atoms with van der Waals surface area (Å²) in [6.07, 6.45) is -1.01. The molecule has 5 atom stereocenters. The first-order chi connectivity index (χ1) is 13.6. The summed E-state index contributed by atoms with van der Waals surface area (Å²) in [5.41, 5.74) is -2.37. The van der Waals surface area contributed by atoms with Gasteiger partial charge in [-0.1, -0.05) is 0 Å². The molecule has 1 saturated carbocycles. The van der Waals surface area contributed by atoms with Gasteiger partial charge < -0.3 is 19.4 Å². The number of hydrogen-bond donors (Lipinski definition) is 4. The summed E-state index contributed by atoms with van der Waals surface area (Å²) in [6, 6.07) is 0.276. The van der Waals surface area contributed by atoms with Crippen molar-refractivity contribution in [3.05, 3.63) is 33.1 Å². The highest BCUT2D eigenvalue weighted by Crippen LogP contribution is 2.54. The fraction of sp³-hybridized carbons (Fsp3) is 0.750. The number of nitrogens with one attached hydrogen (secondary N) is 1. The first-order valence-electron chi connectivity index (χ1n) is 9.23. The van der Waals surface area contributed by atoms with Gasteiger partial charge in [0.1, 0.15) is 6.10 Å². The molecule has 4 N–H and O–H groups in total.